The maximum Gasteiger partial charge on any atom is 0.325 e. The third kappa shape index (κ3) is 3.22. The largest absolute Gasteiger partial charge is 0.491 e. The lowest BCUT2D eigenvalue weighted by molar-refractivity contribution is -0.132. The molecule has 6 nitrogen and oxygen atoms in total. The number of ether oxygens (including phenoxy) is 1. The van der Waals surface area contributed by atoms with Crippen LogP contribution in [0.25, 0.3) is 0 Å². The summed E-state index contributed by atoms with van der Waals surface area (Å²) in [6.45, 7) is 3.67. The zero-order valence-corrected chi connectivity index (χ0v) is 12.9. The second kappa shape index (κ2) is 6.79. The maximum absolute atomic E-state index is 12.4. The van der Waals surface area contributed by atoms with Crippen molar-refractivity contribution in [3.63, 3.8) is 0 Å². The van der Waals surface area contributed by atoms with Gasteiger partial charge in [0.05, 0.1) is 6.54 Å². The molecule has 1 aliphatic rings. The summed E-state index contributed by atoms with van der Waals surface area (Å²) in [7, 11) is 0. The lowest BCUT2D eigenvalue weighted by atomic mass is 9.93. The van der Waals surface area contributed by atoms with E-state index >= 15 is 0 Å². The molecule has 0 aromatic heterocycles. The van der Waals surface area contributed by atoms with Crippen LogP contribution in [-0.4, -0.2) is 46.7 Å². The van der Waals surface area contributed by atoms with Gasteiger partial charge in [-0.15, -0.1) is 0 Å². The minimum atomic E-state index is -0.931. The molecule has 6 heteroatoms. The van der Waals surface area contributed by atoms with E-state index in [1.807, 2.05) is 32.0 Å². The van der Waals surface area contributed by atoms with Crippen LogP contribution in [0.3, 0.4) is 0 Å². The highest BCUT2D eigenvalue weighted by molar-refractivity contribution is 6.07. The Kier molecular flexibility index (Phi) is 5.03. The van der Waals surface area contributed by atoms with Crippen LogP contribution in [0.15, 0.2) is 30.3 Å². The predicted octanol–water partition coefficient (Wildman–Crippen LogP) is 1.54. The third-order valence-corrected chi connectivity index (χ3v) is 4.03. The number of imide groups is 1. The predicted molar refractivity (Wildman–Crippen MR) is 81.5 cm³/mol. The van der Waals surface area contributed by atoms with Gasteiger partial charge < -0.3 is 15.2 Å². The number of carbonyl (C=O) groups is 2. The molecule has 1 heterocycles. The molecule has 2 N–H and O–H groups in total. The number of amides is 3. The number of aliphatic hydroxyl groups is 1. The van der Waals surface area contributed by atoms with Crippen LogP contribution in [0.1, 0.15) is 26.7 Å². The Morgan fingerprint density at radius 1 is 1.23 bits per heavy atom. The Balaban J connectivity index is 1.92. The molecule has 0 aliphatic carbocycles. The lowest BCUT2D eigenvalue weighted by Gasteiger charge is -2.23. The smallest absolute Gasteiger partial charge is 0.325 e. The van der Waals surface area contributed by atoms with Crippen LogP contribution in [0.4, 0.5) is 4.79 Å². The zero-order valence-electron chi connectivity index (χ0n) is 12.9. The first-order chi connectivity index (χ1) is 10.5. The summed E-state index contributed by atoms with van der Waals surface area (Å²) in [6, 6.07) is 8.63. The average Bonchev–Trinajstić information content (AvgIpc) is 2.78. The molecule has 1 saturated heterocycles. The van der Waals surface area contributed by atoms with Gasteiger partial charge >= 0.3 is 6.03 Å². The first-order valence-corrected chi connectivity index (χ1v) is 7.52. The number of urea groups is 1. The standard InChI is InChI=1S/C16H22N2O4/c1-3-16(4-2)14(20)18(15(21)17-16)10-12(19)11-22-13-8-6-5-7-9-13/h5-9,12,19H,3-4,10-11H2,1-2H3,(H,17,21). The van der Waals surface area contributed by atoms with Crippen molar-refractivity contribution in [3.05, 3.63) is 30.3 Å². The van der Waals surface area contributed by atoms with Crippen LogP contribution in [0.5, 0.6) is 5.75 Å². The summed E-state index contributed by atoms with van der Waals surface area (Å²) in [5.41, 5.74) is -0.836. The van der Waals surface area contributed by atoms with E-state index in [0.29, 0.717) is 18.6 Å². The highest BCUT2D eigenvalue weighted by Crippen LogP contribution is 2.25. The molecule has 1 aliphatic heterocycles. The fourth-order valence-electron chi connectivity index (χ4n) is 2.54. The van der Waals surface area contributed by atoms with Crippen LogP contribution in [0.2, 0.25) is 0 Å². The van der Waals surface area contributed by atoms with Crippen molar-refractivity contribution in [2.45, 2.75) is 38.3 Å². The second-order valence-electron chi connectivity index (χ2n) is 5.41. The Labute approximate surface area is 130 Å². The van der Waals surface area contributed by atoms with Gasteiger partial charge in [-0.3, -0.25) is 9.69 Å². The molecule has 0 bridgehead atoms. The second-order valence-corrected chi connectivity index (χ2v) is 5.41. The molecule has 0 radical (unpaired) electrons. The maximum atomic E-state index is 12.4. The van der Waals surface area contributed by atoms with Crippen LogP contribution >= 0.6 is 0 Å². The number of β-amino-alcohol motifs (C(OH)–C–C–N with tert-alkyl or cyclic N) is 1. The minimum absolute atomic E-state index is 0.0202. The van der Waals surface area contributed by atoms with Crippen LogP contribution in [-0.2, 0) is 4.79 Å². The number of hydrogen-bond donors (Lipinski definition) is 2. The van der Waals surface area contributed by atoms with E-state index in [0.717, 1.165) is 4.90 Å². The van der Waals surface area contributed by atoms with E-state index in [4.69, 9.17) is 4.74 Å². The highest BCUT2D eigenvalue weighted by Gasteiger charge is 2.48. The summed E-state index contributed by atoms with van der Waals surface area (Å²) < 4.78 is 5.43. The van der Waals surface area contributed by atoms with Gasteiger partial charge in [0, 0.05) is 0 Å². The summed E-state index contributed by atoms with van der Waals surface area (Å²) in [4.78, 5) is 25.4. The molecular formula is C16H22N2O4. The Morgan fingerprint density at radius 3 is 2.41 bits per heavy atom. The quantitative estimate of drug-likeness (QED) is 0.749. The topological polar surface area (TPSA) is 78.9 Å². The van der Waals surface area contributed by atoms with Crippen molar-refractivity contribution in [1.82, 2.24) is 10.2 Å². The van der Waals surface area contributed by atoms with Crippen molar-refractivity contribution in [3.8, 4) is 5.75 Å². The van der Waals surface area contributed by atoms with E-state index in [2.05, 4.69) is 5.32 Å². The van der Waals surface area contributed by atoms with Gasteiger partial charge in [0.25, 0.3) is 5.91 Å². The fourth-order valence-corrected chi connectivity index (χ4v) is 2.54. The van der Waals surface area contributed by atoms with Gasteiger partial charge in [0.1, 0.15) is 24.0 Å². The monoisotopic (exact) mass is 306 g/mol. The van der Waals surface area contributed by atoms with E-state index < -0.39 is 17.7 Å². The van der Waals surface area contributed by atoms with Crippen molar-refractivity contribution >= 4 is 11.9 Å². The molecule has 1 unspecified atom stereocenters. The molecule has 3 amide bonds. The minimum Gasteiger partial charge on any atom is -0.491 e. The van der Waals surface area contributed by atoms with Crippen molar-refractivity contribution in [2.75, 3.05) is 13.2 Å². The fraction of sp³-hybridized carbons (Fsp3) is 0.500. The number of para-hydroxylation sites is 1. The Hall–Kier alpha value is -2.08. The van der Waals surface area contributed by atoms with Gasteiger partial charge in [-0.2, -0.15) is 0 Å². The highest BCUT2D eigenvalue weighted by atomic mass is 16.5. The molecule has 1 aromatic carbocycles. The van der Waals surface area contributed by atoms with E-state index in [1.54, 1.807) is 12.1 Å². The molecule has 1 fully saturated rings. The van der Waals surface area contributed by atoms with Crippen molar-refractivity contribution in [2.24, 2.45) is 0 Å². The lowest BCUT2D eigenvalue weighted by Crippen LogP contribution is -2.46. The number of rotatable bonds is 7. The SMILES string of the molecule is CCC1(CC)NC(=O)N(CC(O)COc2ccccc2)C1=O. The molecule has 0 spiro atoms. The zero-order chi connectivity index (χ0) is 16.2. The van der Waals surface area contributed by atoms with Gasteiger partial charge in [0.2, 0.25) is 0 Å². The number of hydrogen-bond acceptors (Lipinski definition) is 4. The van der Waals surface area contributed by atoms with Gasteiger partial charge in [-0.25, -0.2) is 4.79 Å². The average molecular weight is 306 g/mol. The third-order valence-electron chi connectivity index (χ3n) is 4.03. The number of benzene rings is 1. The number of nitrogens with zero attached hydrogens (tertiary/aromatic N) is 1. The van der Waals surface area contributed by atoms with Gasteiger partial charge in [0.15, 0.2) is 0 Å². The first kappa shape index (κ1) is 16.3. The molecule has 0 saturated carbocycles. The van der Waals surface area contributed by atoms with Crippen molar-refractivity contribution < 1.29 is 19.4 Å². The normalized spacial score (nSPS) is 18.2. The Bertz CT molecular complexity index is 528. The van der Waals surface area contributed by atoms with E-state index in [1.165, 1.54) is 0 Å². The molecule has 1 atom stereocenters. The number of carbonyl (C=O) groups excluding carboxylic acids is 2. The number of aliphatic hydroxyl groups excluding tert-OH is 1. The number of nitrogens with one attached hydrogen (secondary N) is 1. The summed E-state index contributed by atoms with van der Waals surface area (Å²) in [5.74, 6) is 0.358. The first-order valence-electron chi connectivity index (χ1n) is 7.52. The molecule has 1 aromatic rings. The molecule has 2 rings (SSSR count). The summed E-state index contributed by atoms with van der Waals surface area (Å²) in [6.07, 6.45) is 0.127. The molecular weight excluding hydrogens is 284 g/mol. The van der Waals surface area contributed by atoms with E-state index in [-0.39, 0.29) is 19.1 Å². The van der Waals surface area contributed by atoms with Gasteiger partial charge in [-0.05, 0) is 25.0 Å². The van der Waals surface area contributed by atoms with Crippen LogP contribution < -0.4 is 10.1 Å². The summed E-state index contributed by atoms with van der Waals surface area (Å²) in [5, 5.41) is 12.8. The van der Waals surface area contributed by atoms with E-state index in [9.17, 15) is 14.7 Å². The van der Waals surface area contributed by atoms with Crippen molar-refractivity contribution in [1.29, 1.82) is 0 Å². The molecule has 120 valence electrons. The molecule has 22 heavy (non-hydrogen) atoms. The van der Waals surface area contributed by atoms with Crippen LogP contribution in [0, 0.1) is 0 Å². The summed E-state index contributed by atoms with van der Waals surface area (Å²) >= 11 is 0. The Morgan fingerprint density at radius 2 is 1.86 bits per heavy atom. The van der Waals surface area contributed by atoms with Gasteiger partial charge in [-0.1, -0.05) is 32.0 Å².